The van der Waals surface area contributed by atoms with Gasteiger partial charge in [-0.05, 0) is 109 Å². The molecule has 240 valence electrons. The number of fused-ring (bicyclic) bond motifs is 4. The molecule has 4 heterocycles. The molecule has 4 aromatic heterocycles. The van der Waals surface area contributed by atoms with E-state index in [4.69, 9.17) is 73.4 Å². The van der Waals surface area contributed by atoms with Gasteiger partial charge < -0.3 is 119 Å². The molecule has 0 aliphatic rings. The van der Waals surface area contributed by atoms with E-state index in [1.807, 2.05) is 72.8 Å². The number of nitrogen functional groups attached to an aromatic ring is 4. The SMILES string of the molecule is Nc1ccc2nc([S-])sc2c1.Nc1ccc2nc([S-])sc2c1.Nc1ccc2nc([S-])sc2c1.Nc1ccc2nc([S-])sc2c1.[Pd+2].[Pd+2]. The van der Waals surface area contributed by atoms with E-state index in [0.717, 1.165) is 63.6 Å². The van der Waals surface area contributed by atoms with Crippen LogP contribution in [0.15, 0.2) is 90.2 Å². The fourth-order valence-corrected chi connectivity index (χ4v) is 8.13. The summed E-state index contributed by atoms with van der Waals surface area (Å²) >= 11 is 25.7. The van der Waals surface area contributed by atoms with E-state index in [2.05, 4.69) is 19.9 Å². The normalized spacial score (nSPS) is 10.1. The summed E-state index contributed by atoms with van der Waals surface area (Å²) < 4.78 is 6.95. The Morgan fingerprint density at radius 2 is 0.565 bits per heavy atom. The van der Waals surface area contributed by atoms with Gasteiger partial charge in [-0.3, -0.25) is 19.9 Å². The summed E-state index contributed by atoms with van der Waals surface area (Å²) in [6, 6.07) is 22.4. The molecule has 0 spiro atoms. The number of thiazole rings is 4. The Morgan fingerprint density at radius 1 is 0.370 bits per heavy atom. The molecule has 0 amide bonds. The largest absolute Gasteiger partial charge is 2.00 e. The average molecular weight is 938 g/mol. The predicted molar refractivity (Wildman–Crippen MR) is 199 cm³/mol. The van der Waals surface area contributed by atoms with Crippen molar-refractivity contribution in [3.63, 3.8) is 0 Å². The van der Waals surface area contributed by atoms with Gasteiger partial charge in [0.25, 0.3) is 0 Å². The fourth-order valence-electron chi connectivity index (χ4n) is 3.68. The summed E-state index contributed by atoms with van der Waals surface area (Å²) in [5.41, 5.74) is 29.1. The van der Waals surface area contributed by atoms with Gasteiger partial charge in [0, 0.05) is 22.7 Å². The topological polar surface area (TPSA) is 156 Å². The minimum Gasteiger partial charge on any atom is -0.408 e. The Labute approximate surface area is 329 Å². The molecule has 46 heavy (non-hydrogen) atoms. The number of benzene rings is 4. The van der Waals surface area contributed by atoms with E-state index in [-0.39, 0.29) is 40.8 Å². The van der Waals surface area contributed by atoms with Gasteiger partial charge in [-0.2, -0.15) is 0 Å². The van der Waals surface area contributed by atoms with E-state index in [1.165, 1.54) is 45.3 Å². The summed E-state index contributed by atoms with van der Waals surface area (Å²) in [5, 5.41) is 0. The molecule has 0 fully saturated rings. The third-order valence-corrected chi connectivity index (χ3v) is 10.2. The summed E-state index contributed by atoms with van der Waals surface area (Å²) in [6.07, 6.45) is 0. The minimum atomic E-state index is 0. The third-order valence-electron chi connectivity index (χ3n) is 5.57. The Balaban J connectivity index is 0.000000165. The van der Waals surface area contributed by atoms with Crippen LogP contribution in [0.1, 0.15) is 0 Å². The maximum atomic E-state index is 5.58. The zero-order valence-corrected chi connectivity index (χ0v) is 32.6. The summed E-state index contributed by atoms with van der Waals surface area (Å²) in [7, 11) is 0. The molecule has 0 saturated heterocycles. The van der Waals surface area contributed by atoms with Crippen LogP contribution in [0.5, 0.6) is 0 Å². The van der Waals surface area contributed by atoms with E-state index in [0.29, 0.717) is 17.4 Å². The van der Waals surface area contributed by atoms with Gasteiger partial charge in [0.15, 0.2) is 0 Å². The van der Waals surface area contributed by atoms with Crippen molar-refractivity contribution in [1.29, 1.82) is 0 Å². The molecule has 0 unspecified atom stereocenters. The quantitative estimate of drug-likeness (QED) is 0.0695. The summed E-state index contributed by atoms with van der Waals surface area (Å²) in [6.45, 7) is 0. The molecule has 0 saturated carbocycles. The number of hydrogen-bond donors (Lipinski definition) is 4. The van der Waals surface area contributed by atoms with Crippen LogP contribution in [0, 0.1) is 0 Å². The molecule has 0 aliphatic carbocycles. The van der Waals surface area contributed by atoms with Crippen LogP contribution in [0.2, 0.25) is 0 Å². The predicted octanol–water partition coefficient (Wildman–Crippen LogP) is 7.13. The van der Waals surface area contributed by atoms with Crippen molar-refractivity contribution in [3.8, 4) is 0 Å². The van der Waals surface area contributed by atoms with Crippen molar-refractivity contribution in [2.24, 2.45) is 0 Å². The van der Waals surface area contributed by atoms with Gasteiger partial charge in [-0.1, -0.05) is 0 Å². The zero-order valence-electron chi connectivity index (χ0n) is 22.9. The van der Waals surface area contributed by atoms with Crippen LogP contribution in [0.25, 0.3) is 40.9 Å². The number of rotatable bonds is 0. The Morgan fingerprint density at radius 3 is 0.761 bits per heavy atom. The zero-order chi connectivity index (χ0) is 31.4. The molecule has 0 radical (unpaired) electrons. The Bertz CT molecular complexity index is 1900. The average Bonchev–Trinajstić information content (AvgIpc) is 3.71. The van der Waals surface area contributed by atoms with Crippen molar-refractivity contribution in [2.45, 2.75) is 17.4 Å². The van der Waals surface area contributed by atoms with Crippen molar-refractivity contribution in [2.75, 3.05) is 22.9 Å². The van der Waals surface area contributed by atoms with E-state index < -0.39 is 0 Å². The number of nitrogens with two attached hydrogens (primary N) is 4. The second-order valence-electron chi connectivity index (χ2n) is 8.83. The van der Waals surface area contributed by atoms with Crippen LogP contribution in [0.3, 0.4) is 0 Å². The first-order valence-electron chi connectivity index (χ1n) is 12.3. The summed E-state index contributed by atoms with van der Waals surface area (Å²) in [5.74, 6) is 0. The van der Waals surface area contributed by atoms with Crippen molar-refractivity contribution >= 4 is 159 Å². The van der Waals surface area contributed by atoms with Crippen molar-refractivity contribution < 1.29 is 40.8 Å². The first kappa shape index (κ1) is 38.3. The second kappa shape index (κ2) is 17.3. The van der Waals surface area contributed by atoms with Gasteiger partial charge in [-0.15, -0.1) is 0 Å². The molecule has 0 atom stereocenters. The van der Waals surface area contributed by atoms with Crippen LogP contribution in [0.4, 0.5) is 22.7 Å². The number of aromatic nitrogens is 4. The summed E-state index contributed by atoms with van der Waals surface area (Å²) in [4.78, 5) is 16.5. The maximum absolute atomic E-state index is 5.58. The second-order valence-corrected chi connectivity index (χ2v) is 15.5. The van der Waals surface area contributed by atoms with Gasteiger partial charge in [0.05, 0.1) is 22.1 Å². The smallest absolute Gasteiger partial charge is 0.408 e. The van der Waals surface area contributed by atoms with Crippen molar-refractivity contribution in [3.05, 3.63) is 72.8 Å². The molecule has 8 rings (SSSR count). The molecule has 0 aliphatic heterocycles. The first-order valence-corrected chi connectivity index (χ1v) is 17.2. The standard InChI is InChI=1S/4C7H6N2S2.2Pd/c4*8-4-1-2-5-6(3-4)11-7(10)9-5;;/h4*1-3H,8H2,(H,9,10);;/q;;;;2*+2/p-4. The maximum Gasteiger partial charge on any atom is 2.00 e. The fraction of sp³-hybridized carbons (Fsp3) is 0. The van der Waals surface area contributed by atoms with Crippen molar-refractivity contribution in [1.82, 2.24) is 19.9 Å². The van der Waals surface area contributed by atoms with Gasteiger partial charge in [0.1, 0.15) is 0 Å². The van der Waals surface area contributed by atoms with E-state index in [1.54, 1.807) is 0 Å². The number of anilines is 4. The molecule has 18 heteroatoms. The first-order chi connectivity index (χ1) is 21.0. The molecule has 4 aromatic carbocycles. The van der Waals surface area contributed by atoms with E-state index in [9.17, 15) is 0 Å². The minimum absolute atomic E-state index is 0. The molecule has 8 aromatic rings. The van der Waals surface area contributed by atoms with Crippen LogP contribution >= 0.6 is 45.3 Å². The molecular weight excluding hydrogens is 918 g/mol. The number of hydrogen-bond acceptors (Lipinski definition) is 16. The van der Waals surface area contributed by atoms with E-state index >= 15 is 0 Å². The molecule has 8 nitrogen and oxygen atoms in total. The third kappa shape index (κ3) is 10.4. The number of nitrogens with zero attached hydrogens (tertiary/aromatic N) is 4. The van der Waals surface area contributed by atoms with Gasteiger partial charge in [-0.25, -0.2) is 0 Å². The monoisotopic (exact) mass is 936 g/mol. The van der Waals surface area contributed by atoms with Crippen LogP contribution in [-0.2, 0) is 91.4 Å². The molecule has 8 N–H and O–H groups in total. The molecular formula is C28H20N8Pd2S8. The molecule has 0 bridgehead atoms. The van der Waals surface area contributed by atoms with Crippen LogP contribution < -0.4 is 22.9 Å². The Hall–Kier alpha value is -2.16. The van der Waals surface area contributed by atoms with Gasteiger partial charge in [0.2, 0.25) is 0 Å². The van der Waals surface area contributed by atoms with Gasteiger partial charge >= 0.3 is 40.8 Å². The van der Waals surface area contributed by atoms with Crippen LogP contribution in [-0.4, -0.2) is 19.9 Å². The Kier molecular flexibility index (Phi) is 14.4.